The van der Waals surface area contributed by atoms with Crippen LogP contribution in [0.2, 0.25) is 5.02 Å². The number of furan rings is 1. The van der Waals surface area contributed by atoms with E-state index in [1.165, 1.54) is 7.11 Å². The van der Waals surface area contributed by atoms with Crippen molar-refractivity contribution in [3.05, 3.63) is 101 Å². The van der Waals surface area contributed by atoms with Gasteiger partial charge in [0.1, 0.15) is 24.2 Å². The van der Waals surface area contributed by atoms with E-state index in [4.69, 9.17) is 33.0 Å². The van der Waals surface area contributed by atoms with Gasteiger partial charge < -0.3 is 24.7 Å². The van der Waals surface area contributed by atoms with Gasteiger partial charge in [-0.2, -0.15) is 0 Å². The number of methoxy groups -OCH3 is 1. The normalized spacial score (nSPS) is 16.9. The Balaban J connectivity index is 1.55. The molecule has 9 heteroatoms. The fourth-order valence-electron chi connectivity index (χ4n) is 4.69. The van der Waals surface area contributed by atoms with E-state index in [0.29, 0.717) is 15.8 Å². The smallest absolute Gasteiger partial charge is 0.250 e. The number of ether oxygens (including phenoxy) is 1. The average Bonchev–Trinajstić information content (AvgIpc) is 3.52. The summed E-state index contributed by atoms with van der Waals surface area (Å²) in [5.41, 5.74) is 5.32. The molecular weight excluding hydrogens is 520 g/mol. The number of carbonyl (C=O) groups excluding carboxylic acids is 1. The van der Waals surface area contributed by atoms with Gasteiger partial charge in [0, 0.05) is 35.3 Å². The molecule has 7 nitrogen and oxygen atoms in total. The highest BCUT2D eigenvalue weighted by Gasteiger charge is 2.42. The van der Waals surface area contributed by atoms with Gasteiger partial charge in [-0.15, -0.1) is 0 Å². The highest BCUT2D eigenvalue weighted by atomic mass is 35.5. The van der Waals surface area contributed by atoms with E-state index < -0.39 is 0 Å². The lowest BCUT2D eigenvalue weighted by molar-refractivity contribution is -0.119. The molecule has 194 valence electrons. The van der Waals surface area contributed by atoms with Crippen LogP contribution in [0.5, 0.6) is 0 Å². The number of benzene rings is 2. The first-order valence-corrected chi connectivity index (χ1v) is 12.9. The maximum atomic E-state index is 12.1. The number of aromatic nitrogens is 1. The number of hydrogen-bond donors (Lipinski definition) is 2. The maximum Gasteiger partial charge on any atom is 0.250 e. The lowest BCUT2D eigenvalue weighted by Crippen LogP contribution is -2.29. The Morgan fingerprint density at radius 3 is 2.71 bits per heavy atom. The van der Waals surface area contributed by atoms with Crippen molar-refractivity contribution in [3.8, 4) is 11.3 Å². The van der Waals surface area contributed by atoms with Crippen LogP contribution < -0.4 is 15.5 Å². The fourth-order valence-corrected chi connectivity index (χ4v) is 5.21. The minimum Gasteiger partial charge on any atom is -0.459 e. The molecule has 0 bridgehead atoms. The molecule has 0 saturated carbocycles. The van der Waals surface area contributed by atoms with Crippen molar-refractivity contribution in [2.45, 2.75) is 25.9 Å². The quantitative estimate of drug-likeness (QED) is 0.261. The lowest BCUT2D eigenvalue weighted by Gasteiger charge is -2.27. The van der Waals surface area contributed by atoms with Crippen LogP contribution in [-0.2, 0) is 9.53 Å². The van der Waals surface area contributed by atoms with Crippen LogP contribution in [0.4, 0.5) is 11.4 Å². The second-order valence-corrected chi connectivity index (χ2v) is 9.96. The monoisotopic (exact) mass is 546 g/mol. The lowest BCUT2D eigenvalue weighted by atomic mass is 10.0. The van der Waals surface area contributed by atoms with Gasteiger partial charge in [-0.3, -0.25) is 9.78 Å². The van der Waals surface area contributed by atoms with E-state index in [1.807, 2.05) is 85.5 Å². The summed E-state index contributed by atoms with van der Waals surface area (Å²) in [4.78, 5) is 18.7. The number of nitrogens with zero attached hydrogens (tertiary/aromatic N) is 2. The molecule has 1 amide bonds. The third-order valence-electron chi connectivity index (χ3n) is 6.52. The summed E-state index contributed by atoms with van der Waals surface area (Å²) < 4.78 is 11.4. The van der Waals surface area contributed by atoms with Gasteiger partial charge in [-0.1, -0.05) is 23.7 Å². The summed E-state index contributed by atoms with van der Waals surface area (Å²) in [6.45, 7) is 3.96. The highest BCUT2D eigenvalue weighted by Crippen LogP contribution is 2.43. The number of carbonyl (C=O) groups is 1. The predicted molar refractivity (Wildman–Crippen MR) is 154 cm³/mol. The van der Waals surface area contributed by atoms with E-state index in [2.05, 4.69) is 15.6 Å². The zero-order chi connectivity index (χ0) is 26.8. The van der Waals surface area contributed by atoms with Crippen LogP contribution in [0.25, 0.3) is 11.3 Å². The van der Waals surface area contributed by atoms with E-state index in [0.717, 1.165) is 39.6 Å². The summed E-state index contributed by atoms with van der Waals surface area (Å²) >= 11 is 12.1. The van der Waals surface area contributed by atoms with Gasteiger partial charge in [-0.25, -0.2) is 0 Å². The minimum absolute atomic E-state index is 0.0118. The number of thiocarbonyl (C=S) groups is 1. The molecule has 2 aromatic carbocycles. The number of pyridine rings is 1. The molecule has 0 aliphatic carbocycles. The maximum absolute atomic E-state index is 12.1. The molecule has 4 aromatic rings. The summed E-state index contributed by atoms with van der Waals surface area (Å²) in [5.74, 6) is 1.25. The average molecular weight is 547 g/mol. The van der Waals surface area contributed by atoms with Crippen molar-refractivity contribution in [2.24, 2.45) is 0 Å². The molecule has 2 unspecified atom stereocenters. The molecule has 2 atom stereocenters. The van der Waals surface area contributed by atoms with Crippen LogP contribution in [0.1, 0.15) is 34.7 Å². The molecular formula is C29H27ClN4O3S. The first kappa shape index (κ1) is 25.9. The molecule has 3 heterocycles. The molecule has 1 saturated heterocycles. The Morgan fingerprint density at radius 2 is 1.97 bits per heavy atom. The van der Waals surface area contributed by atoms with Crippen LogP contribution in [0, 0.1) is 13.8 Å². The summed E-state index contributed by atoms with van der Waals surface area (Å²) in [5, 5.41) is 7.53. The summed E-state index contributed by atoms with van der Waals surface area (Å²) in [7, 11) is 1.49. The number of hydrogen-bond acceptors (Lipinski definition) is 5. The van der Waals surface area contributed by atoms with Crippen molar-refractivity contribution in [1.29, 1.82) is 0 Å². The number of halogens is 1. The third kappa shape index (κ3) is 5.15. The van der Waals surface area contributed by atoms with Gasteiger partial charge in [0.25, 0.3) is 0 Å². The van der Waals surface area contributed by atoms with E-state index >= 15 is 0 Å². The van der Waals surface area contributed by atoms with Gasteiger partial charge in [0.2, 0.25) is 5.91 Å². The molecule has 1 fully saturated rings. The number of aryl methyl sites for hydroxylation is 2. The topological polar surface area (TPSA) is 79.6 Å². The van der Waals surface area contributed by atoms with Gasteiger partial charge in [-0.05, 0) is 91.8 Å². The zero-order valence-electron chi connectivity index (χ0n) is 21.2. The van der Waals surface area contributed by atoms with Crippen LogP contribution in [-0.4, -0.2) is 29.7 Å². The zero-order valence-corrected chi connectivity index (χ0v) is 22.8. The summed E-state index contributed by atoms with van der Waals surface area (Å²) in [6.07, 6.45) is 1.77. The molecule has 0 spiro atoms. The van der Waals surface area contributed by atoms with E-state index in [-0.39, 0.29) is 24.6 Å². The Labute approximate surface area is 231 Å². The third-order valence-corrected chi connectivity index (χ3v) is 7.07. The Bertz CT molecular complexity index is 1490. The Morgan fingerprint density at radius 1 is 1.13 bits per heavy atom. The van der Waals surface area contributed by atoms with E-state index in [1.54, 1.807) is 6.20 Å². The standard InChI is InChI=1S/C29H27ClN4O3S/c1-17-7-8-19(30)15-21(17)24-11-12-25(37-24)28-27(23-6-4-5-13-31-23)33-29(38)34(28)20-9-10-22(18(2)14-20)32-26(35)16-36-3/h4-15,27-28H,16H2,1-3H3,(H,32,35)(H,33,38). The molecule has 1 aliphatic heterocycles. The molecule has 0 radical (unpaired) electrons. The van der Waals surface area contributed by atoms with Gasteiger partial charge in [0.05, 0.1) is 11.7 Å². The second-order valence-electron chi connectivity index (χ2n) is 9.14. The largest absolute Gasteiger partial charge is 0.459 e. The van der Waals surface area contributed by atoms with Crippen LogP contribution in [0.3, 0.4) is 0 Å². The van der Waals surface area contributed by atoms with Crippen molar-refractivity contribution in [3.63, 3.8) is 0 Å². The number of nitrogens with one attached hydrogen (secondary N) is 2. The fraction of sp³-hybridized carbons (Fsp3) is 0.207. The first-order chi connectivity index (χ1) is 18.4. The van der Waals surface area contributed by atoms with Crippen LogP contribution >= 0.6 is 23.8 Å². The van der Waals surface area contributed by atoms with Gasteiger partial charge in [0.15, 0.2) is 5.11 Å². The molecule has 1 aliphatic rings. The Hall–Kier alpha value is -3.72. The Kier molecular flexibility index (Phi) is 7.46. The number of rotatable bonds is 7. The van der Waals surface area contributed by atoms with Crippen molar-refractivity contribution >= 4 is 46.2 Å². The number of anilines is 2. The van der Waals surface area contributed by atoms with Crippen molar-refractivity contribution < 1.29 is 13.9 Å². The van der Waals surface area contributed by atoms with Crippen molar-refractivity contribution in [1.82, 2.24) is 10.3 Å². The predicted octanol–water partition coefficient (Wildman–Crippen LogP) is 6.37. The molecule has 2 aromatic heterocycles. The summed E-state index contributed by atoms with van der Waals surface area (Å²) in [6, 6.07) is 20.8. The minimum atomic E-state index is -0.307. The van der Waals surface area contributed by atoms with E-state index in [9.17, 15) is 4.79 Å². The van der Waals surface area contributed by atoms with Gasteiger partial charge >= 0.3 is 0 Å². The SMILES string of the molecule is COCC(=O)Nc1ccc(N2C(=S)NC(c3ccccn3)C2c2ccc(-c3cc(Cl)ccc3C)o2)cc1C. The van der Waals surface area contributed by atoms with Crippen LogP contribution in [0.15, 0.2) is 77.3 Å². The highest BCUT2D eigenvalue weighted by molar-refractivity contribution is 7.80. The first-order valence-electron chi connectivity index (χ1n) is 12.1. The molecule has 5 rings (SSSR count). The van der Waals surface area contributed by atoms with Crippen molar-refractivity contribution in [2.75, 3.05) is 23.9 Å². The second kappa shape index (κ2) is 10.9. The molecule has 38 heavy (non-hydrogen) atoms. The molecule has 2 N–H and O–H groups in total. The number of amides is 1.